The Kier molecular flexibility index (Phi) is 8.67. The normalized spacial score (nSPS) is 15.5. The molecule has 31 heavy (non-hydrogen) atoms. The minimum Gasteiger partial charge on any atom is -0.473 e. The van der Waals surface area contributed by atoms with Crippen LogP contribution in [0, 0.1) is 0 Å². The van der Waals surface area contributed by atoms with Crippen LogP contribution in [0.1, 0.15) is 31.9 Å². The molecule has 2 aromatic rings. The number of ether oxygens (including phenoxy) is 2. The van der Waals surface area contributed by atoms with Crippen molar-refractivity contribution in [2.24, 2.45) is 4.99 Å². The molecule has 1 aliphatic heterocycles. The maximum absolute atomic E-state index is 5.84. The molecule has 168 valence electrons. The first kappa shape index (κ1) is 23.0. The van der Waals surface area contributed by atoms with Crippen LogP contribution in [0.2, 0.25) is 0 Å². The zero-order chi connectivity index (χ0) is 21.9. The van der Waals surface area contributed by atoms with E-state index in [4.69, 9.17) is 14.5 Å². The van der Waals surface area contributed by atoms with Gasteiger partial charge in [-0.3, -0.25) is 4.90 Å². The maximum Gasteiger partial charge on any atom is 0.213 e. The highest BCUT2D eigenvalue weighted by molar-refractivity contribution is 5.79. The number of morpholine rings is 1. The average Bonchev–Trinajstić information content (AvgIpc) is 2.81. The van der Waals surface area contributed by atoms with E-state index in [9.17, 15) is 0 Å². The molecule has 0 saturated carbocycles. The Hall–Kier alpha value is -2.64. The summed E-state index contributed by atoms with van der Waals surface area (Å²) in [7, 11) is 0. The van der Waals surface area contributed by atoms with E-state index in [0.29, 0.717) is 19.0 Å². The van der Waals surface area contributed by atoms with Gasteiger partial charge in [-0.05, 0) is 38.0 Å². The van der Waals surface area contributed by atoms with Crippen molar-refractivity contribution in [2.75, 3.05) is 39.4 Å². The van der Waals surface area contributed by atoms with E-state index in [0.717, 1.165) is 56.5 Å². The van der Waals surface area contributed by atoms with E-state index >= 15 is 0 Å². The summed E-state index contributed by atoms with van der Waals surface area (Å²) in [6.45, 7) is 12.8. The SMILES string of the molecule is CCNC(=NCc1ccnc(OCc2ccccc2)c1)NCC(C)(C)N1CCOCC1. The lowest BCUT2D eigenvalue weighted by Crippen LogP contribution is -2.56. The number of rotatable bonds is 9. The predicted molar refractivity (Wildman–Crippen MR) is 124 cm³/mol. The second kappa shape index (κ2) is 11.7. The first-order valence-electron chi connectivity index (χ1n) is 11.0. The molecule has 2 heterocycles. The monoisotopic (exact) mass is 425 g/mol. The third kappa shape index (κ3) is 7.52. The summed E-state index contributed by atoms with van der Waals surface area (Å²) in [6.07, 6.45) is 1.77. The fourth-order valence-corrected chi connectivity index (χ4v) is 3.45. The van der Waals surface area contributed by atoms with Crippen molar-refractivity contribution in [3.05, 3.63) is 59.8 Å². The lowest BCUT2D eigenvalue weighted by Gasteiger charge is -2.41. The van der Waals surface area contributed by atoms with Gasteiger partial charge >= 0.3 is 0 Å². The van der Waals surface area contributed by atoms with Crippen LogP contribution < -0.4 is 15.4 Å². The number of aromatic nitrogens is 1. The Balaban J connectivity index is 1.55. The largest absolute Gasteiger partial charge is 0.473 e. The molecule has 7 heteroatoms. The number of hydrogen-bond donors (Lipinski definition) is 2. The van der Waals surface area contributed by atoms with Crippen LogP contribution in [0.3, 0.4) is 0 Å². The van der Waals surface area contributed by atoms with E-state index in [1.807, 2.05) is 42.5 Å². The quantitative estimate of drug-likeness (QED) is 0.476. The van der Waals surface area contributed by atoms with Crippen LogP contribution in [0.4, 0.5) is 0 Å². The summed E-state index contributed by atoms with van der Waals surface area (Å²) < 4.78 is 11.3. The molecular weight excluding hydrogens is 390 g/mol. The molecule has 0 aliphatic carbocycles. The highest BCUT2D eigenvalue weighted by Gasteiger charge is 2.28. The molecule has 1 saturated heterocycles. The second-order valence-corrected chi connectivity index (χ2v) is 8.24. The number of nitrogens with one attached hydrogen (secondary N) is 2. The molecular formula is C24H35N5O2. The summed E-state index contributed by atoms with van der Waals surface area (Å²) >= 11 is 0. The Morgan fingerprint density at radius 3 is 2.65 bits per heavy atom. The topological polar surface area (TPSA) is 71.0 Å². The number of nitrogens with zero attached hydrogens (tertiary/aromatic N) is 3. The first-order chi connectivity index (χ1) is 15.1. The Labute approximate surface area is 185 Å². The van der Waals surface area contributed by atoms with Gasteiger partial charge in [-0.25, -0.2) is 9.98 Å². The van der Waals surface area contributed by atoms with Crippen molar-refractivity contribution in [3.8, 4) is 5.88 Å². The van der Waals surface area contributed by atoms with Crippen molar-refractivity contribution >= 4 is 5.96 Å². The summed E-state index contributed by atoms with van der Waals surface area (Å²) in [6, 6.07) is 14.0. The molecule has 0 amide bonds. The second-order valence-electron chi connectivity index (χ2n) is 8.24. The Bertz CT molecular complexity index is 820. The smallest absolute Gasteiger partial charge is 0.213 e. The fourth-order valence-electron chi connectivity index (χ4n) is 3.45. The van der Waals surface area contributed by atoms with Gasteiger partial charge in [0.15, 0.2) is 5.96 Å². The molecule has 0 radical (unpaired) electrons. The molecule has 1 fully saturated rings. The highest BCUT2D eigenvalue weighted by atomic mass is 16.5. The summed E-state index contributed by atoms with van der Waals surface area (Å²) in [5.74, 6) is 1.43. The molecule has 0 spiro atoms. The summed E-state index contributed by atoms with van der Waals surface area (Å²) in [5, 5.41) is 6.84. The van der Waals surface area contributed by atoms with Crippen LogP contribution in [-0.4, -0.2) is 60.8 Å². The van der Waals surface area contributed by atoms with Crippen LogP contribution >= 0.6 is 0 Å². The van der Waals surface area contributed by atoms with Crippen molar-refractivity contribution in [2.45, 2.75) is 39.5 Å². The number of benzene rings is 1. The van der Waals surface area contributed by atoms with Gasteiger partial charge in [0.2, 0.25) is 5.88 Å². The lowest BCUT2D eigenvalue weighted by molar-refractivity contribution is -0.00834. The molecule has 0 bridgehead atoms. The van der Waals surface area contributed by atoms with Crippen molar-refractivity contribution in [1.82, 2.24) is 20.5 Å². The molecule has 0 unspecified atom stereocenters. The van der Waals surface area contributed by atoms with Crippen LogP contribution in [0.15, 0.2) is 53.7 Å². The van der Waals surface area contributed by atoms with Gasteiger partial charge in [-0.2, -0.15) is 0 Å². The van der Waals surface area contributed by atoms with Crippen LogP contribution in [-0.2, 0) is 17.9 Å². The molecule has 7 nitrogen and oxygen atoms in total. The molecule has 3 rings (SSSR count). The minimum absolute atomic E-state index is 0.0229. The third-order valence-electron chi connectivity index (χ3n) is 5.35. The lowest BCUT2D eigenvalue weighted by atomic mass is 10.0. The predicted octanol–water partition coefficient (Wildman–Crippen LogP) is 2.83. The molecule has 1 aromatic carbocycles. The Morgan fingerprint density at radius 1 is 1.13 bits per heavy atom. The van der Waals surface area contributed by atoms with Gasteiger partial charge in [-0.15, -0.1) is 0 Å². The van der Waals surface area contributed by atoms with Gasteiger partial charge in [0.25, 0.3) is 0 Å². The molecule has 1 aliphatic rings. The van der Waals surface area contributed by atoms with Gasteiger partial charge < -0.3 is 20.1 Å². The van der Waals surface area contributed by atoms with Crippen molar-refractivity contribution in [1.29, 1.82) is 0 Å². The van der Waals surface area contributed by atoms with E-state index in [1.54, 1.807) is 6.20 Å². The van der Waals surface area contributed by atoms with Crippen molar-refractivity contribution in [3.63, 3.8) is 0 Å². The minimum atomic E-state index is 0.0229. The summed E-state index contributed by atoms with van der Waals surface area (Å²) in [4.78, 5) is 11.5. The number of pyridine rings is 1. The maximum atomic E-state index is 5.84. The molecule has 2 N–H and O–H groups in total. The van der Waals surface area contributed by atoms with E-state index in [1.165, 1.54) is 0 Å². The third-order valence-corrected chi connectivity index (χ3v) is 5.35. The summed E-state index contributed by atoms with van der Waals surface area (Å²) in [5.41, 5.74) is 2.20. The number of hydrogen-bond acceptors (Lipinski definition) is 5. The van der Waals surface area contributed by atoms with E-state index in [2.05, 4.69) is 41.3 Å². The fraction of sp³-hybridized carbons (Fsp3) is 0.500. The standard InChI is InChI=1S/C24H35N5O2/c1-4-25-23(28-19-24(2,3)29-12-14-30-15-13-29)27-17-21-10-11-26-22(16-21)31-18-20-8-6-5-7-9-20/h5-11,16H,4,12-15,17-19H2,1-3H3,(H2,25,27,28). The zero-order valence-corrected chi connectivity index (χ0v) is 18.9. The zero-order valence-electron chi connectivity index (χ0n) is 18.9. The first-order valence-corrected chi connectivity index (χ1v) is 11.0. The molecule has 0 atom stereocenters. The molecule has 1 aromatic heterocycles. The van der Waals surface area contributed by atoms with Gasteiger partial charge in [0.1, 0.15) is 6.61 Å². The Morgan fingerprint density at radius 2 is 1.90 bits per heavy atom. The number of aliphatic imine (C=N–C) groups is 1. The van der Waals surface area contributed by atoms with Gasteiger partial charge in [-0.1, -0.05) is 30.3 Å². The van der Waals surface area contributed by atoms with Gasteiger partial charge in [0.05, 0.1) is 19.8 Å². The number of guanidine groups is 1. The van der Waals surface area contributed by atoms with E-state index < -0.39 is 0 Å². The van der Waals surface area contributed by atoms with Crippen LogP contribution in [0.5, 0.6) is 5.88 Å². The average molecular weight is 426 g/mol. The van der Waals surface area contributed by atoms with Crippen molar-refractivity contribution < 1.29 is 9.47 Å². The highest BCUT2D eigenvalue weighted by Crippen LogP contribution is 2.15. The van der Waals surface area contributed by atoms with Gasteiger partial charge in [0, 0.05) is 44.0 Å². The van der Waals surface area contributed by atoms with E-state index in [-0.39, 0.29) is 5.54 Å². The van der Waals surface area contributed by atoms with Crippen LogP contribution in [0.25, 0.3) is 0 Å².